The van der Waals surface area contributed by atoms with Gasteiger partial charge in [0.15, 0.2) is 5.82 Å². The lowest BCUT2D eigenvalue weighted by molar-refractivity contribution is -0.141. The quantitative estimate of drug-likeness (QED) is 0.603. The number of carbonyl (C=O) groups is 1. The molecule has 0 fully saturated rings. The van der Waals surface area contributed by atoms with Crippen LogP contribution in [0.4, 0.5) is 24.8 Å². The molecule has 3 aromatic heterocycles. The smallest absolute Gasteiger partial charge is 0.363 e. The number of hydrogen-bond acceptors (Lipinski definition) is 7. The number of aromatic nitrogens is 5. The van der Waals surface area contributed by atoms with E-state index in [0.717, 1.165) is 5.56 Å². The number of rotatable bonds is 6. The Kier molecular flexibility index (Phi) is 5.78. The second-order valence-corrected chi connectivity index (χ2v) is 8.05. The van der Waals surface area contributed by atoms with Gasteiger partial charge in [-0.15, -0.1) is 10.2 Å². The second kappa shape index (κ2) is 8.43. The molecule has 0 bridgehead atoms. The summed E-state index contributed by atoms with van der Waals surface area (Å²) in [7, 11) is 3.65. The summed E-state index contributed by atoms with van der Waals surface area (Å²) in [6, 6.07) is 5.76. The van der Waals surface area contributed by atoms with Gasteiger partial charge < -0.3 is 15.2 Å². The van der Waals surface area contributed by atoms with E-state index >= 15 is 0 Å². The number of nitrogens with zero attached hydrogens (tertiary/aromatic N) is 7. The molecule has 12 heteroatoms. The fourth-order valence-electron chi connectivity index (χ4n) is 3.82. The molecule has 1 amide bonds. The van der Waals surface area contributed by atoms with Crippen molar-refractivity contribution in [3.63, 3.8) is 0 Å². The first-order chi connectivity index (χ1) is 15.6. The molecule has 9 nitrogen and oxygen atoms in total. The molecule has 4 rings (SSSR count). The molecule has 1 aliphatic rings. The van der Waals surface area contributed by atoms with Crippen LogP contribution in [0.2, 0.25) is 0 Å². The van der Waals surface area contributed by atoms with Crippen molar-refractivity contribution in [3.8, 4) is 11.5 Å². The predicted molar refractivity (Wildman–Crippen MR) is 116 cm³/mol. The normalized spacial score (nSPS) is 14.5. The van der Waals surface area contributed by atoms with E-state index in [2.05, 4.69) is 20.2 Å². The Bertz CT molecular complexity index is 1190. The molecule has 0 spiro atoms. The Balaban J connectivity index is 1.67. The third-order valence-corrected chi connectivity index (χ3v) is 5.45. The zero-order valence-electron chi connectivity index (χ0n) is 18.3. The summed E-state index contributed by atoms with van der Waals surface area (Å²) in [6.07, 6.45) is -4.11. The summed E-state index contributed by atoms with van der Waals surface area (Å²) >= 11 is 0. The molecule has 0 aromatic carbocycles. The molecule has 1 aliphatic heterocycles. The minimum absolute atomic E-state index is 0.179. The molecule has 33 heavy (non-hydrogen) atoms. The van der Waals surface area contributed by atoms with E-state index in [1.165, 1.54) is 22.7 Å². The van der Waals surface area contributed by atoms with Crippen molar-refractivity contribution >= 4 is 17.5 Å². The number of pyridine rings is 2. The Hall–Kier alpha value is -3.54. The molecule has 1 unspecified atom stereocenters. The molecular weight excluding hydrogens is 437 g/mol. The maximum absolute atomic E-state index is 13.2. The number of fused-ring (bicyclic) bond motifs is 1. The van der Waals surface area contributed by atoms with Crippen LogP contribution in [0.25, 0.3) is 11.5 Å². The summed E-state index contributed by atoms with van der Waals surface area (Å²) in [5.41, 5.74) is 8.06. The zero-order valence-corrected chi connectivity index (χ0v) is 18.3. The van der Waals surface area contributed by atoms with Gasteiger partial charge in [0.25, 0.3) is 5.91 Å². The van der Waals surface area contributed by atoms with Crippen LogP contribution in [0.3, 0.4) is 0 Å². The SMILES string of the molecule is CC(CC(F)(F)F)n1cnnc1-c1cccc(N2Cc3c(cc(N(C)C)nc3CN)C2=O)n1. The number of hydrogen-bond donors (Lipinski definition) is 1. The first kappa shape index (κ1) is 22.6. The van der Waals surface area contributed by atoms with Crippen LogP contribution in [0.15, 0.2) is 30.6 Å². The van der Waals surface area contributed by atoms with Crippen molar-refractivity contribution in [1.29, 1.82) is 0 Å². The highest BCUT2D eigenvalue weighted by molar-refractivity contribution is 6.10. The zero-order chi connectivity index (χ0) is 23.9. The molecule has 174 valence electrons. The first-order valence-corrected chi connectivity index (χ1v) is 10.2. The number of nitrogens with two attached hydrogens (primary N) is 1. The van der Waals surface area contributed by atoms with E-state index in [1.54, 1.807) is 29.2 Å². The third-order valence-electron chi connectivity index (χ3n) is 5.45. The monoisotopic (exact) mass is 460 g/mol. The Morgan fingerprint density at radius 1 is 1.24 bits per heavy atom. The van der Waals surface area contributed by atoms with Crippen LogP contribution < -0.4 is 15.5 Å². The molecule has 0 saturated carbocycles. The van der Waals surface area contributed by atoms with E-state index < -0.39 is 18.6 Å². The number of amides is 1. The molecule has 3 aromatic rings. The topological polar surface area (TPSA) is 106 Å². The molecule has 0 saturated heterocycles. The van der Waals surface area contributed by atoms with Gasteiger partial charge in [0, 0.05) is 32.2 Å². The third kappa shape index (κ3) is 4.38. The highest BCUT2D eigenvalue weighted by atomic mass is 19.4. The van der Waals surface area contributed by atoms with Crippen molar-refractivity contribution in [2.75, 3.05) is 23.9 Å². The standard InChI is InChI=1S/C21H23F3N8O/c1-12(8-21(22,23)24)32-11-26-29-19(32)15-5-4-6-17(27-15)31-10-14-13(20(31)33)7-18(30(2)3)28-16(14)9-25/h4-7,11-12H,8-10,25H2,1-3H3. The molecule has 1 atom stereocenters. The van der Waals surface area contributed by atoms with Crippen molar-refractivity contribution in [1.82, 2.24) is 24.7 Å². The van der Waals surface area contributed by atoms with Gasteiger partial charge in [-0.3, -0.25) is 9.69 Å². The van der Waals surface area contributed by atoms with Gasteiger partial charge in [-0.05, 0) is 25.1 Å². The molecule has 4 heterocycles. The average Bonchev–Trinajstić information content (AvgIpc) is 3.37. The second-order valence-electron chi connectivity index (χ2n) is 8.05. The summed E-state index contributed by atoms with van der Waals surface area (Å²) in [6.45, 7) is 1.86. The summed E-state index contributed by atoms with van der Waals surface area (Å²) < 4.78 is 40.0. The molecule has 0 radical (unpaired) electrons. The van der Waals surface area contributed by atoms with E-state index in [-0.39, 0.29) is 24.8 Å². The highest BCUT2D eigenvalue weighted by Gasteiger charge is 2.34. The number of anilines is 2. The van der Waals surface area contributed by atoms with Crippen LogP contribution in [0, 0.1) is 0 Å². The van der Waals surface area contributed by atoms with Gasteiger partial charge in [-0.25, -0.2) is 9.97 Å². The lowest BCUT2D eigenvalue weighted by atomic mass is 10.1. The van der Waals surface area contributed by atoms with Crippen molar-refractivity contribution < 1.29 is 18.0 Å². The number of carbonyl (C=O) groups excluding carboxylic acids is 1. The maximum atomic E-state index is 13.2. The van der Waals surface area contributed by atoms with Crippen molar-refractivity contribution in [2.24, 2.45) is 5.73 Å². The van der Waals surface area contributed by atoms with Gasteiger partial charge in [0.1, 0.15) is 23.7 Å². The van der Waals surface area contributed by atoms with Crippen LogP contribution in [0.5, 0.6) is 0 Å². The van der Waals surface area contributed by atoms with Crippen molar-refractivity contribution in [2.45, 2.75) is 38.7 Å². The van der Waals surface area contributed by atoms with Gasteiger partial charge >= 0.3 is 6.18 Å². The largest absolute Gasteiger partial charge is 0.391 e. The highest BCUT2D eigenvalue weighted by Crippen LogP contribution is 2.33. The predicted octanol–water partition coefficient (Wildman–Crippen LogP) is 2.93. The van der Waals surface area contributed by atoms with Crippen LogP contribution in [-0.2, 0) is 13.1 Å². The van der Waals surface area contributed by atoms with Crippen LogP contribution >= 0.6 is 0 Å². The number of halogens is 3. The van der Waals surface area contributed by atoms with Gasteiger partial charge in [-0.1, -0.05) is 6.07 Å². The minimum Gasteiger partial charge on any atom is -0.363 e. The fraction of sp³-hybridized carbons (Fsp3) is 0.381. The Morgan fingerprint density at radius 2 is 2.00 bits per heavy atom. The fourth-order valence-corrected chi connectivity index (χ4v) is 3.82. The van der Waals surface area contributed by atoms with Gasteiger partial charge in [-0.2, -0.15) is 13.2 Å². The first-order valence-electron chi connectivity index (χ1n) is 10.2. The van der Waals surface area contributed by atoms with Crippen LogP contribution in [0.1, 0.15) is 41.0 Å². The van der Waals surface area contributed by atoms with E-state index in [4.69, 9.17) is 5.73 Å². The minimum atomic E-state index is -4.33. The summed E-state index contributed by atoms with van der Waals surface area (Å²) in [5.74, 6) is 0.915. The Morgan fingerprint density at radius 3 is 2.67 bits per heavy atom. The van der Waals surface area contributed by atoms with E-state index in [1.807, 2.05) is 14.1 Å². The van der Waals surface area contributed by atoms with Crippen LogP contribution in [-0.4, -0.2) is 50.9 Å². The molecular formula is C21H23F3N8O. The van der Waals surface area contributed by atoms with Gasteiger partial charge in [0.2, 0.25) is 0 Å². The van der Waals surface area contributed by atoms with Gasteiger partial charge in [0.05, 0.1) is 24.2 Å². The van der Waals surface area contributed by atoms with Crippen molar-refractivity contribution in [3.05, 3.63) is 47.4 Å². The molecule has 2 N–H and O–H groups in total. The van der Waals surface area contributed by atoms with E-state index in [9.17, 15) is 18.0 Å². The Labute approximate surface area is 188 Å². The molecule has 0 aliphatic carbocycles. The van der Waals surface area contributed by atoms with E-state index in [0.29, 0.717) is 28.6 Å². The summed E-state index contributed by atoms with van der Waals surface area (Å²) in [4.78, 5) is 25.6. The summed E-state index contributed by atoms with van der Waals surface area (Å²) in [5, 5.41) is 7.74. The average molecular weight is 460 g/mol. The lowest BCUT2D eigenvalue weighted by Crippen LogP contribution is -2.24. The number of alkyl halides is 3. The maximum Gasteiger partial charge on any atom is 0.391 e. The lowest BCUT2D eigenvalue weighted by Gasteiger charge is -2.18.